The van der Waals surface area contributed by atoms with Crippen LogP contribution in [0.5, 0.6) is 5.75 Å². The van der Waals surface area contributed by atoms with Crippen LogP contribution in [0.15, 0.2) is 24.3 Å². The number of esters is 1. The van der Waals surface area contributed by atoms with Gasteiger partial charge in [-0.3, -0.25) is 4.79 Å². The summed E-state index contributed by atoms with van der Waals surface area (Å²) in [6.45, 7) is 2.37. The predicted molar refractivity (Wildman–Crippen MR) is 61.3 cm³/mol. The number of benzene rings is 1. The number of hydrogen-bond acceptors (Lipinski definition) is 4. The molecule has 0 amide bonds. The Morgan fingerprint density at radius 1 is 1.44 bits per heavy atom. The molecule has 0 spiro atoms. The fourth-order valence-corrected chi connectivity index (χ4v) is 1.31. The molecule has 0 radical (unpaired) electrons. The SMILES string of the molecule is COC(=O)[C@H](C)NCc1cccc(OC)c1. The summed E-state index contributed by atoms with van der Waals surface area (Å²) >= 11 is 0. The third-order valence-electron chi connectivity index (χ3n) is 2.30. The minimum atomic E-state index is -0.309. The summed E-state index contributed by atoms with van der Waals surface area (Å²) in [5.41, 5.74) is 1.06. The highest BCUT2D eigenvalue weighted by Gasteiger charge is 2.11. The van der Waals surface area contributed by atoms with E-state index in [4.69, 9.17) is 4.74 Å². The van der Waals surface area contributed by atoms with Crippen LogP contribution in [0.25, 0.3) is 0 Å². The van der Waals surface area contributed by atoms with Gasteiger partial charge in [-0.15, -0.1) is 0 Å². The highest BCUT2D eigenvalue weighted by molar-refractivity contribution is 5.75. The molecule has 0 heterocycles. The largest absolute Gasteiger partial charge is 0.497 e. The molecular formula is C12H17NO3. The topological polar surface area (TPSA) is 47.6 Å². The summed E-state index contributed by atoms with van der Waals surface area (Å²) in [4.78, 5) is 11.1. The van der Waals surface area contributed by atoms with Crippen LogP contribution in [0.2, 0.25) is 0 Å². The van der Waals surface area contributed by atoms with Gasteiger partial charge >= 0.3 is 5.97 Å². The number of ether oxygens (including phenoxy) is 2. The summed E-state index contributed by atoms with van der Waals surface area (Å²) in [7, 11) is 3.01. The molecule has 0 aromatic heterocycles. The van der Waals surface area contributed by atoms with Crippen LogP contribution in [0.4, 0.5) is 0 Å². The summed E-state index contributed by atoms with van der Waals surface area (Å²) in [6.07, 6.45) is 0. The summed E-state index contributed by atoms with van der Waals surface area (Å²) in [6, 6.07) is 7.39. The van der Waals surface area contributed by atoms with E-state index in [1.165, 1.54) is 7.11 Å². The average molecular weight is 223 g/mol. The molecule has 0 fully saturated rings. The number of methoxy groups -OCH3 is 2. The van der Waals surface area contributed by atoms with Crippen LogP contribution in [-0.2, 0) is 16.1 Å². The first-order chi connectivity index (χ1) is 7.67. The minimum absolute atomic E-state index is 0.261. The predicted octanol–water partition coefficient (Wildman–Crippen LogP) is 1.35. The van der Waals surface area contributed by atoms with E-state index in [1.807, 2.05) is 24.3 Å². The number of carbonyl (C=O) groups excluding carboxylic acids is 1. The molecule has 16 heavy (non-hydrogen) atoms. The molecule has 0 aliphatic carbocycles. The third kappa shape index (κ3) is 3.55. The second-order valence-corrected chi connectivity index (χ2v) is 3.48. The Labute approximate surface area is 95.6 Å². The van der Waals surface area contributed by atoms with Gasteiger partial charge in [0.15, 0.2) is 0 Å². The number of carbonyl (C=O) groups is 1. The van der Waals surface area contributed by atoms with Crippen molar-refractivity contribution in [2.45, 2.75) is 19.5 Å². The molecule has 4 nitrogen and oxygen atoms in total. The zero-order valence-electron chi connectivity index (χ0n) is 9.82. The first-order valence-electron chi connectivity index (χ1n) is 5.11. The molecule has 1 rings (SSSR count). The molecule has 1 aromatic carbocycles. The average Bonchev–Trinajstić information content (AvgIpc) is 2.35. The maximum Gasteiger partial charge on any atom is 0.322 e. The van der Waals surface area contributed by atoms with Crippen LogP contribution in [-0.4, -0.2) is 26.2 Å². The lowest BCUT2D eigenvalue weighted by atomic mass is 10.2. The van der Waals surface area contributed by atoms with Gasteiger partial charge in [-0.05, 0) is 24.6 Å². The van der Waals surface area contributed by atoms with Gasteiger partial charge in [-0.1, -0.05) is 12.1 Å². The van der Waals surface area contributed by atoms with Crippen molar-refractivity contribution >= 4 is 5.97 Å². The van der Waals surface area contributed by atoms with Crippen molar-refractivity contribution in [1.82, 2.24) is 5.32 Å². The smallest absolute Gasteiger partial charge is 0.322 e. The van der Waals surface area contributed by atoms with E-state index >= 15 is 0 Å². The van der Waals surface area contributed by atoms with E-state index in [-0.39, 0.29) is 12.0 Å². The Hall–Kier alpha value is -1.55. The lowest BCUT2D eigenvalue weighted by Crippen LogP contribution is -2.34. The van der Waals surface area contributed by atoms with E-state index in [2.05, 4.69) is 10.1 Å². The molecule has 1 aromatic rings. The lowest BCUT2D eigenvalue weighted by molar-refractivity contribution is -0.142. The molecule has 4 heteroatoms. The summed E-state index contributed by atoms with van der Waals surface area (Å²) in [5, 5.41) is 3.07. The van der Waals surface area contributed by atoms with Crippen LogP contribution in [0, 0.1) is 0 Å². The lowest BCUT2D eigenvalue weighted by Gasteiger charge is -2.11. The highest BCUT2D eigenvalue weighted by atomic mass is 16.5. The molecule has 0 saturated carbocycles. The minimum Gasteiger partial charge on any atom is -0.497 e. The van der Waals surface area contributed by atoms with Crippen molar-refractivity contribution in [3.63, 3.8) is 0 Å². The Morgan fingerprint density at radius 2 is 2.19 bits per heavy atom. The normalized spacial score (nSPS) is 11.9. The standard InChI is InChI=1S/C12H17NO3/c1-9(12(14)16-3)13-8-10-5-4-6-11(7-10)15-2/h4-7,9,13H,8H2,1-3H3/t9-/m0/s1. The summed E-state index contributed by atoms with van der Waals surface area (Å²) in [5.74, 6) is 0.549. The van der Waals surface area contributed by atoms with Gasteiger partial charge in [0.05, 0.1) is 14.2 Å². The first kappa shape index (κ1) is 12.5. The van der Waals surface area contributed by atoms with Gasteiger partial charge in [0.2, 0.25) is 0 Å². The van der Waals surface area contributed by atoms with Crippen molar-refractivity contribution in [1.29, 1.82) is 0 Å². The zero-order chi connectivity index (χ0) is 12.0. The first-order valence-corrected chi connectivity index (χ1v) is 5.11. The van der Waals surface area contributed by atoms with Gasteiger partial charge < -0.3 is 14.8 Å². The number of nitrogens with one attached hydrogen (secondary N) is 1. The van der Waals surface area contributed by atoms with Crippen LogP contribution in [0.3, 0.4) is 0 Å². The zero-order valence-corrected chi connectivity index (χ0v) is 9.82. The molecule has 0 unspecified atom stereocenters. The second-order valence-electron chi connectivity index (χ2n) is 3.48. The summed E-state index contributed by atoms with van der Waals surface area (Å²) < 4.78 is 9.73. The van der Waals surface area contributed by atoms with Crippen molar-refractivity contribution in [3.8, 4) is 5.75 Å². The van der Waals surface area contributed by atoms with E-state index in [0.29, 0.717) is 6.54 Å². The molecule has 1 N–H and O–H groups in total. The van der Waals surface area contributed by atoms with Gasteiger partial charge in [-0.2, -0.15) is 0 Å². The Bertz CT molecular complexity index is 352. The fraction of sp³-hybridized carbons (Fsp3) is 0.417. The Kier molecular flexibility index (Phi) is 4.79. The van der Waals surface area contributed by atoms with Crippen LogP contribution in [0.1, 0.15) is 12.5 Å². The van der Waals surface area contributed by atoms with E-state index in [0.717, 1.165) is 11.3 Å². The Balaban J connectivity index is 2.51. The van der Waals surface area contributed by atoms with Crippen LogP contribution < -0.4 is 10.1 Å². The van der Waals surface area contributed by atoms with E-state index in [9.17, 15) is 4.79 Å². The quantitative estimate of drug-likeness (QED) is 0.765. The molecule has 0 bridgehead atoms. The van der Waals surface area contributed by atoms with Gasteiger partial charge in [0, 0.05) is 6.54 Å². The van der Waals surface area contributed by atoms with Gasteiger partial charge in [0.1, 0.15) is 11.8 Å². The molecule has 0 saturated heterocycles. The second kappa shape index (κ2) is 6.12. The molecule has 1 atom stereocenters. The Morgan fingerprint density at radius 3 is 2.81 bits per heavy atom. The van der Waals surface area contributed by atoms with Crippen molar-refractivity contribution < 1.29 is 14.3 Å². The number of rotatable bonds is 5. The van der Waals surface area contributed by atoms with Crippen molar-refractivity contribution in [2.24, 2.45) is 0 Å². The maximum absolute atomic E-state index is 11.1. The van der Waals surface area contributed by atoms with Gasteiger partial charge in [0.25, 0.3) is 0 Å². The van der Waals surface area contributed by atoms with E-state index in [1.54, 1.807) is 14.0 Å². The fourth-order valence-electron chi connectivity index (χ4n) is 1.31. The monoisotopic (exact) mass is 223 g/mol. The van der Waals surface area contributed by atoms with Crippen molar-refractivity contribution in [2.75, 3.05) is 14.2 Å². The maximum atomic E-state index is 11.1. The van der Waals surface area contributed by atoms with Crippen LogP contribution >= 0.6 is 0 Å². The third-order valence-corrected chi connectivity index (χ3v) is 2.30. The van der Waals surface area contributed by atoms with E-state index < -0.39 is 0 Å². The molecule has 0 aliphatic heterocycles. The number of hydrogen-bond donors (Lipinski definition) is 1. The highest BCUT2D eigenvalue weighted by Crippen LogP contribution is 2.12. The molecule has 0 aliphatic rings. The molecular weight excluding hydrogens is 206 g/mol. The molecule has 88 valence electrons. The van der Waals surface area contributed by atoms with Gasteiger partial charge in [-0.25, -0.2) is 0 Å². The van der Waals surface area contributed by atoms with Crippen molar-refractivity contribution in [3.05, 3.63) is 29.8 Å².